The molecule has 0 unspecified atom stereocenters. The molecule has 4 rings (SSSR count). The van der Waals surface area contributed by atoms with E-state index in [2.05, 4.69) is 10.4 Å². The molecule has 1 saturated carbocycles. The highest BCUT2D eigenvalue weighted by atomic mass is 32.1. The Morgan fingerprint density at radius 3 is 2.69 bits per heavy atom. The van der Waals surface area contributed by atoms with E-state index in [-0.39, 0.29) is 5.91 Å². The minimum absolute atomic E-state index is 0.0736. The zero-order valence-electron chi connectivity index (χ0n) is 16.9. The number of benzene rings is 1. The van der Waals surface area contributed by atoms with Crippen LogP contribution in [0.5, 0.6) is 5.75 Å². The van der Waals surface area contributed by atoms with Crippen molar-refractivity contribution in [2.24, 2.45) is 13.0 Å². The van der Waals surface area contributed by atoms with Crippen LogP contribution >= 0.6 is 11.3 Å². The van der Waals surface area contributed by atoms with Crippen LogP contribution in [-0.2, 0) is 11.8 Å². The average molecular weight is 411 g/mol. The molecule has 0 radical (unpaired) electrons. The highest BCUT2D eigenvalue weighted by Crippen LogP contribution is 2.31. The van der Waals surface area contributed by atoms with Crippen LogP contribution in [0.15, 0.2) is 35.7 Å². The maximum Gasteiger partial charge on any atom is 0.225 e. The molecule has 1 amide bonds. The lowest BCUT2D eigenvalue weighted by Crippen LogP contribution is -2.19. The molecule has 1 aliphatic carbocycles. The van der Waals surface area contributed by atoms with Gasteiger partial charge in [-0.3, -0.25) is 9.48 Å². The highest BCUT2D eigenvalue weighted by Gasteiger charge is 2.19. The SMILES string of the molecule is COc1ccc(-c2csc(-c3cc(NC(=O)CC4CCCCC4)n(C)n3)n2)cc1. The first-order chi connectivity index (χ1) is 14.1. The summed E-state index contributed by atoms with van der Waals surface area (Å²) < 4.78 is 6.92. The number of thiazole rings is 1. The molecule has 0 aliphatic heterocycles. The monoisotopic (exact) mass is 410 g/mol. The van der Waals surface area contributed by atoms with Crippen molar-refractivity contribution in [3.63, 3.8) is 0 Å². The van der Waals surface area contributed by atoms with Crippen LogP contribution in [-0.4, -0.2) is 27.8 Å². The standard InChI is InChI=1S/C22H26N4O2S/c1-26-20(24-21(27)12-15-6-4-3-5-7-15)13-18(25-26)22-23-19(14-29-22)16-8-10-17(28-2)11-9-16/h8-11,13-15H,3-7,12H2,1-2H3,(H,24,27). The molecule has 0 spiro atoms. The molecule has 152 valence electrons. The summed E-state index contributed by atoms with van der Waals surface area (Å²) in [6.45, 7) is 0. The normalized spacial score (nSPS) is 14.7. The predicted molar refractivity (Wildman–Crippen MR) is 116 cm³/mol. The Balaban J connectivity index is 1.44. The molecule has 29 heavy (non-hydrogen) atoms. The first kappa shape index (κ1) is 19.6. The second-order valence-corrected chi connectivity index (χ2v) is 8.42. The molecular formula is C22H26N4O2S. The lowest BCUT2D eigenvalue weighted by atomic mass is 9.87. The van der Waals surface area contributed by atoms with Crippen LogP contribution in [0.4, 0.5) is 5.82 Å². The topological polar surface area (TPSA) is 69.0 Å². The summed E-state index contributed by atoms with van der Waals surface area (Å²) in [5, 5.41) is 10.4. The lowest BCUT2D eigenvalue weighted by Gasteiger charge is -2.20. The molecule has 7 heteroatoms. The Bertz CT molecular complexity index is 971. The second-order valence-electron chi connectivity index (χ2n) is 7.56. The fourth-order valence-electron chi connectivity index (χ4n) is 3.82. The zero-order valence-corrected chi connectivity index (χ0v) is 17.7. The number of rotatable bonds is 6. The summed E-state index contributed by atoms with van der Waals surface area (Å²) in [5.41, 5.74) is 2.71. The van der Waals surface area contributed by atoms with Gasteiger partial charge in [0.25, 0.3) is 0 Å². The molecule has 1 fully saturated rings. The number of carbonyl (C=O) groups excluding carboxylic acids is 1. The Kier molecular flexibility index (Phi) is 5.94. The molecule has 0 atom stereocenters. The zero-order chi connectivity index (χ0) is 20.2. The predicted octanol–water partition coefficient (Wildman–Crippen LogP) is 5.13. The van der Waals surface area contributed by atoms with Crippen LogP contribution in [0.2, 0.25) is 0 Å². The fourth-order valence-corrected chi connectivity index (χ4v) is 4.61. The minimum atomic E-state index is 0.0736. The molecule has 3 aromatic rings. The number of anilines is 1. The van der Waals surface area contributed by atoms with E-state index in [1.807, 2.05) is 42.8 Å². The largest absolute Gasteiger partial charge is 0.497 e. The van der Waals surface area contributed by atoms with E-state index in [0.717, 1.165) is 40.6 Å². The fraction of sp³-hybridized carbons (Fsp3) is 0.409. The van der Waals surface area contributed by atoms with E-state index in [0.29, 0.717) is 18.2 Å². The number of methoxy groups -OCH3 is 1. The molecule has 0 bridgehead atoms. The van der Waals surface area contributed by atoms with E-state index >= 15 is 0 Å². The Morgan fingerprint density at radius 2 is 1.97 bits per heavy atom. The van der Waals surface area contributed by atoms with E-state index in [1.165, 1.54) is 19.3 Å². The van der Waals surface area contributed by atoms with Gasteiger partial charge in [0, 0.05) is 30.5 Å². The van der Waals surface area contributed by atoms with Crippen molar-refractivity contribution in [2.75, 3.05) is 12.4 Å². The van der Waals surface area contributed by atoms with Gasteiger partial charge in [-0.05, 0) is 43.0 Å². The van der Waals surface area contributed by atoms with Crippen molar-refractivity contribution in [1.29, 1.82) is 0 Å². The summed E-state index contributed by atoms with van der Waals surface area (Å²) >= 11 is 1.55. The van der Waals surface area contributed by atoms with Gasteiger partial charge in [-0.1, -0.05) is 19.3 Å². The van der Waals surface area contributed by atoms with Crippen molar-refractivity contribution in [1.82, 2.24) is 14.8 Å². The van der Waals surface area contributed by atoms with E-state index in [9.17, 15) is 4.79 Å². The first-order valence-electron chi connectivity index (χ1n) is 10.1. The van der Waals surface area contributed by atoms with Crippen LogP contribution < -0.4 is 10.1 Å². The van der Waals surface area contributed by atoms with Crippen molar-refractivity contribution >= 4 is 23.1 Å². The van der Waals surface area contributed by atoms with Crippen molar-refractivity contribution in [3.05, 3.63) is 35.7 Å². The summed E-state index contributed by atoms with van der Waals surface area (Å²) in [5.74, 6) is 2.12. The van der Waals surface area contributed by atoms with Crippen LogP contribution in [0, 0.1) is 5.92 Å². The molecule has 1 aliphatic rings. The van der Waals surface area contributed by atoms with E-state index in [4.69, 9.17) is 9.72 Å². The third-order valence-corrected chi connectivity index (χ3v) is 6.32. The number of amides is 1. The van der Waals surface area contributed by atoms with Gasteiger partial charge in [0.1, 0.15) is 22.3 Å². The number of aromatic nitrogens is 3. The quantitative estimate of drug-likeness (QED) is 0.612. The third-order valence-electron chi connectivity index (χ3n) is 5.46. The summed E-state index contributed by atoms with van der Waals surface area (Å²) in [6.07, 6.45) is 6.71. The number of carbonyl (C=O) groups is 1. The van der Waals surface area contributed by atoms with Crippen molar-refractivity contribution < 1.29 is 9.53 Å². The second kappa shape index (κ2) is 8.78. The molecule has 0 saturated heterocycles. The number of nitrogens with zero attached hydrogens (tertiary/aromatic N) is 3. The maximum absolute atomic E-state index is 12.4. The smallest absolute Gasteiger partial charge is 0.225 e. The van der Waals surface area contributed by atoms with Crippen molar-refractivity contribution in [2.45, 2.75) is 38.5 Å². The highest BCUT2D eigenvalue weighted by molar-refractivity contribution is 7.13. The van der Waals surface area contributed by atoms with Gasteiger partial charge in [-0.25, -0.2) is 4.98 Å². The molecule has 2 aromatic heterocycles. The van der Waals surface area contributed by atoms with Gasteiger partial charge in [0.2, 0.25) is 5.91 Å². The third kappa shape index (κ3) is 4.67. The summed E-state index contributed by atoms with van der Waals surface area (Å²) in [4.78, 5) is 17.2. The Labute approximate surface area is 174 Å². The van der Waals surface area contributed by atoms with E-state index in [1.54, 1.807) is 23.1 Å². The van der Waals surface area contributed by atoms with Crippen LogP contribution in [0.3, 0.4) is 0 Å². The first-order valence-corrected chi connectivity index (χ1v) is 10.9. The number of nitrogens with one attached hydrogen (secondary N) is 1. The van der Waals surface area contributed by atoms with Gasteiger partial charge >= 0.3 is 0 Å². The number of hydrogen-bond acceptors (Lipinski definition) is 5. The van der Waals surface area contributed by atoms with Crippen LogP contribution in [0.25, 0.3) is 22.0 Å². The van der Waals surface area contributed by atoms with Crippen LogP contribution in [0.1, 0.15) is 38.5 Å². The summed E-state index contributed by atoms with van der Waals surface area (Å²) in [6, 6.07) is 9.74. The van der Waals surface area contributed by atoms with Gasteiger partial charge < -0.3 is 10.1 Å². The molecule has 6 nitrogen and oxygen atoms in total. The maximum atomic E-state index is 12.4. The Morgan fingerprint density at radius 1 is 1.21 bits per heavy atom. The number of aryl methyl sites for hydroxylation is 1. The number of hydrogen-bond donors (Lipinski definition) is 1. The average Bonchev–Trinajstić information content (AvgIpc) is 3.36. The van der Waals surface area contributed by atoms with Gasteiger partial charge in [0.15, 0.2) is 0 Å². The molecule has 1 aromatic carbocycles. The molecular weight excluding hydrogens is 384 g/mol. The molecule has 2 heterocycles. The number of ether oxygens (including phenoxy) is 1. The summed E-state index contributed by atoms with van der Waals surface area (Å²) in [7, 11) is 3.50. The van der Waals surface area contributed by atoms with Gasteiger partial charge in [-0.2, -0.15) is 5.10 Å². The lowest BCUT2D eigenvalue weighted by molar-refractivity contribution is -0.117. The van der Waals surface area contributed by atoms with Gasteiger partial charge in [-0.15, -0.1) is 11.3 Å². The van der Waals surface area contributed by atoms with E-state index < -0.39 is 0 Å². The van der Waals surface area contributed by atoms with Gasteiger partial charge in [0.05, 0.1) is 12.8 Å². The Hall–Kier alpha value is -2.67. The minimum Gasteiger partial charge on any atom is -0.497 e. The molecule has 1 N–H and O–H groups in total. The van der Waals surface area contributed by atoms with Crippen molar-refractivity contribution in [3.8, 4) is 27.7 Å².